The Balaban J connectivity index is 2.54. The third-order valence-electron chi connectivity index (χ3n) is 2.92. The van der Waals surface area contributed by atoms with Crippen LogP contribution in [0.15, 0.2) is 0 Å². The van der Waals surface area contributed by atoms with E-state index in [0.717, 1.165) is 12.8 Å². The number of hydrogen-bond donors (Lipinski definition) is 3. The zero-order chi connectivity index (χ0) is 13.7. The van der Waals surface area contributed by atoms with E-state index in [1.807, 2.05) is 6.92 Å². The summed E-state index contributed by atoms with van der Waals surface area (Å²) in [5.74, 6) is -2.21. The summed E-state index contributed by atoms with van der Waals surface area (Å²) >= 11 is 0. The van der Waals surface area contributed by atoms with Crippen molar-refractivity contribution < 1.29 is 24.6 Å². The van der Waals surface area contributed by atoms with Gasteiger partial charge in [0.25, 0.3) is 0 Å². The summed E-state index contributed by atoms with van der Waals surface area (Å²) < 4.78 is 0. The summed E-state index contributed by atoms with van der Waals surface area (Å²) in [5.41, 5.74) is 0. The summed E-state index contributed by atoms with van der Waals surface area (Å²) in [6.07, 6.45) is 1.30. The summed E-state index contributed by atoms with van der Waals surface area (Å²) in [5, 5.41) is 19.6. The second-order valence-electron chi connectivity index (χ2n) is 4.63. The number of carboxylic acids is 2. The molecule has 0 radical (unpaired) electrons. The third-order valence-corrected chi connectivity index (χ3v) is 2.92. The molecule has 1 fully saturated rings. The van der Waals surface area contributed by atoms with E-state index in [1.165, 1.54) is 4.90 Å². The molecule has 3 N–H and O–H groups in total. The predicted octanol–water partition coefficient (Wildman–Crippen LogP) is 0.356. The van der Waals surface area contributed by atoms with E-state index in [1.54, 1.807) is 0 Å². The Hall–Kier alpha value is -1.79. The maximum Gasteiger partial charge on any atom is 0.326 e. The minimum absolute atomic E-state index is 0.382. The maximum absolute atomic E-state index is 11.8. The third kappa shape index (κ3) is 4.23. The van der Waals surface area contributed by atoms with Gasteiger partial charge in [-0.3, -0.25) is 4.79 Å². The number of nitrogens with one attached hydrogen (secondary N) is 1. The number of nitrogens with zero attached hydrogens (tertiary/aromatic N) is 1. The zero-order valence-corrected chi connectivity index (χ0v) is 10.3. The molecule has 0 spiro atoms. The number of piperidine rings is 1. The van der Waals surface area contributed by atoms with Gasteiger partial charge in [-0.25, -0.2) is 9.59 Å². The molecular formula is C11H18N2O5. The minimum atomic E-state index is -1.38. The molecule has 0 aromatic heterocycles. The van der Waals surface area contributed by atoms with Gasteiger partial charge in [-0.15, -0.1) is 0 Å². The number of hydrogen-bond acceptors (Lipinski definition) is 3. The lowest BCUT2D eigenvalue weighted by molar-refractivity contribution is -0.145. The van der Waals surface area contributed by atoms with Crippen LogP contribution in [0.3, 0.4) is 0 Å². The first-order valence-corrected chi connectivity index (χ1v) is 5.90. The van der Waals surface area contributed by atoms with Crippen molar-refractivity contribution in [3.8, 4) is 0 Å². The number of carbonyl (C=O) groups excluding carboxylic acids is 1. The van der Waals surface area contributed by atoms with Crippen LogP contribution in [0.4, 0.5) is 4.79 Å². The number of amides is 2. The molecule has 7 heteroatoms. The lowest BCUT2D eigenvalue weighted by Gasteiger charge is -2.31. The number of carboxylic acid groups (broad SMARTS) is 2. The summed E-state index contributed by atoms with van der Waals surface area (Å²) in [6.45, 7) is 3.17. The molecular weight excluding hydrogens is 240 g/mol. The van der Waals surface area contributed by atoms with Crippen molar-refractivity contribution in [1.29, 1.82) is 0 Å². The van der Waals surface area contributed by atoms with E-state index in [4.69, 9.17) is 10.2 Å². The van der Waals surface area contributed by atoms with E-state index >= 15 is 0 Å². The van der Waals surface area contributed by atoms with Gasteiger partial charge in [0.05, 0.1) is 6.42 Å². The molecule has 0 aliphatic carbocycles. The Morgan fingerprint density at radius 2 is 2.06 bits per heavy atom. The number of aliphatic carboxylic acids is 2. The van der Waals surface area contributed by atoms with Gasteiger partial charge in [0.1, 0.15) is 6.04 Å². The van der Waals surface area contributed by atoms with Crippen LogP contribution in [0.2, 0.25) is 0 Å². The molecule has 0 bridgehead atoms. The first-order valence-electron chi connectivity index (χ1n) is 5.90. The van der Waals surface area contributed by atoms with Crippen LogP contribution in [0, 0.1) is 5.92 Å². The number of likely N-dealkylation sites (tertiary alicyclic amines) is 1. The highest BCUT2D eigenvalue weighted by molar-refractivity contribution is 5.86. The standard InChI is InChI=1S/C11H18N2O5/c1-7-3-2-4-13(6-7)11(18)12-8(10(16)17)5-9(14)15/h7-8H,2-6H2,1H3,(H,12,18)(H,14,15)(H,16,17)/t7?,8-/m1/s1. The largest absolute Gasteiger partial charge is 0.481 e. The highest BCUT2D eigenvalue weighted by Gasteiger charge is 2.27. The molecule has 1 rings (SSSR count). The van der Waals surface area contributed by atoms with Crippen molar-refractivity contribution in [1.82, 2.24) is 10.2 Å². The van der Waals surface area contributed by atoms with Gasteiger partial charge in [0, 0.05) is 13.1 Å². The average molecular weight is 258 g/mol. The Morgan fingerprint density at radius 1 is 1.39 bits per heavy atom. The molecule has 0 aromatic rings. The molecule has 1 saturated heterocycles. The Morgan fingerprint density at radius 3 is 2.56 bits per heavy atom. The molecule has 0 aromatic carbocycles. The fraction of sp³-hybridized carbons (Fsp3) is 0.727. The molecule has 102 valence electrons. The zero-order valence-electron chi connectivity index (χ0n) is 10.3. The van der Waals surface area contributed by atoms with Crippen molar-refractivity contribution in [2.75, 3.05) is 13.1 Å². The van der Waals surface area contributed by atoms with Crippen molar-refractivity contribution in [3.05, 3.63) is 0 Å². The predicted molar refractivity (Wildman–Crippen MR) is 62.2 cm³/mol. The topological polar surface area (TPSA) is 107 Å². The average Bonchev–Trinajstić information content (AvgIpc) is 2.27. The number of urea groups is 1. The van der Waals surface area contributed by atoms with Gasteiger partial charge < -0.3 is 20.4 Å². The maximum atomic E-state index is 11.8. The Labute approximate surface area is 105 Å². The molecule has 0 saturated carbocycles. The quantitative estimate of drug-likeness (QED) is 0.674. The second-order valence-corrected chi connectivity index (χ2v) is 4.63. The number of carbonyl (C=O) groups is 3. The van der Waals surface area contributed by atoms with E-state index in [2.05, 4.69) is 5.32 Å². The highest BCUT2D eigenvalue weighted by Crippen LogP contribution is 2.15. The van der Waals surface area contributed by atoms with Crippen molar-refractivity contribution >= 4 is 18.0 Å². The van der Waals surface area contributed by atoms with E-state index in [9.17, 15) is 14.4 Å². The second kappa shape index (κ2) is 6.23. The van der Waals surface area contributed by atoms with Crippen LogP contribution in [-0.4, -0.2) is 52.2 Å². The summed E-state index contributed by atoms with van der Waals surface area (Å²) in [4.78, 5) is 34.6. The van der Waals surface area contributed by atoms with Gasteiger partial charge in [-0.05, 0) is 18.8 Å². The van der Waals surface area contributed by atoms with Crippen LogP contribution in [0.5, 0.6) is 0 Å². The lowest BCUT2D eigenvalue weighted by atomic mass is 10.0. The van der Waals surface area contributed by atoms with Gasteiger partial charge in [-0.2, -0.15) is 0 Å². The smallest absolute Gasteiger partial charge is 0.326 e. The van der Waals surface area contributed by atoms with Crippen LogP contribution in [-0.2, 0) is 9.59 Å². The molecule has 1 aliphatic heterocycles. The van der Waals surface area contributed by atoms with Crippen LogP contribution >= 0.6 is 0 Å². The fourth-order valence-corrected chi connectivity index (χ4v) is 1.99. The van der Waals surface area contributed by atoms with Crippen LogP contribution in [0.1, 0.15) is 26.2 Å². The molecule has 18 heavy (non-hydrogen) atoms. The van der Waals surface area contributed by atoms with Crippen LogP contribution < -0.4 is 5.32 Å². The molecule has 2 amide bonds. The molecule has 1 unspecified atom stereocenters. The van der Waals surface area contributed by atoms with Crippen molar-refractivity contribution in [2.45, 2.75) is 32.2 Å². The molecule has 1 aliphatic rings. The molecule has 7 nitrogen and oxygen atoms in total. The van der Waals surface area contributed by atoms with Crippen molar-refractivity contribution in [2.24, 2.45) is 5.92 Å². The van der Waals surface area contributed by atoms with E-state index in [-0.39, 0.29) is 0 Å². The normalized spacial score (nSPS) is 21.2. The van der Waals surface area contributed by atoms with Gasteiger partial charge in [-0.1, -0.05) is 6.92 Å². The van der Waals surface area contributed by atoms with Crippen LogP contribution in [0.25, 0.3) is 0 Å². The molecule has 2 atom stereocenters. The van der Waals surface area contributed by atoms with Gasteiger partial charge >= 0.3 is 18.0 Å². The first-order chi connectivity index (χ1) is 8.40. The van der Waals surface area contributed by atoms with Gasteiger partial charge in [0.15, 0.2) is 0 Å². The Bertz CT molecular complexity index is 344. The van der Waals surface area contributed by atoms with E-state index < -0.39 is 30.4 Å². The van der Waals surface area contributed by atoms with E-state index in [0.29, 0.717) is 19.0 Å². The summed E-state index contributed by atoms with van der Waals surface area (Å²) in [6, 6.07) is -1.89. The monoisotopic (exact) mass is 258 g/mol. The Kier molecular flexibility index (Phi) is 4.94. The summed E-state index contributed by atoms with van der Waals surface area (Å²) in [7, 11) is 0. The minimum Gasteiger partial charge on any atom is -0.481 e. The van der Waals surface area contributed by atoms with Crippen molar-refractivity contribution in [3.63, 3.8) is 0 Å². The SMILES string of the molecule is CC1CCCN(C(=O)N[C@H](CC(=O)O)C(=O)O)C1. The van der Waals surface area contributed by atoms with Gasteiger partial charge in [0.2, 0.25) is 0 Å². The fourth-order valence-electron chi connectivity index (χ4n) is 1.99. The lowest BCUT2D eigenvalue weighted by Crippen LogP contribution is -2.51. The first kappa shape index (κ1) is 14.3. The molecule has 1 heterocycles. The highest BCUT2D eigenvalue weighted by atomic mass is 16.4. The number of rotatable bonds is 4.